The van der Waals surface area contributed by atoms with Gasteiger partial charge in [0.15, 0.2) is 0 Å². The van der Waals surface area contributed by atoms with E-state index in [-0.39, 0.29) is 88.1 Å². The Balaban J connectivity index is 0.000000300. The van der Waals surface area contributed by atoms with Gasteiger partial charge in [0.1, 0.15) is 22.4 Å². The maximum absolute atomic E-state index is 11.7. The molecular weight excluding hydrogens is 873 g/mol. The largest absolute Gasteiger partial charge is 1.00 e. The fourth-order valence-electron chi connectivity index (χ4n) is 10.6. The summed E-state index contributed by atoms with van der Waals surface area (Å²) in [6, 6.07) is 0.195. The second kappa shape index (κ2) is 22.8. The van der Waals surface area contributed by atoms with Crippen molar-refractivity contribution in [3.8, 4) is 0 Å². The van der Waals surface area contributed by atoms with E-state index < -0.39 is 18.4 Å². The van der Waals surface area contributed by atoms with Crippen LogP contribution in [-0.4, -0.2) is 150 Å². The van der Waals surface area contributed by atoms with Gasteiger partial charge in [0, 0.05) is 86.9 Å². The molecule has 8 rings (SSSR count). The average Bonchev–Trinajstić information content (AvgIpc) is 3.03. The third-order valence-electron chi connectivity index (χ3n) is 13.0. The Morgan fingerprint density at radius 3 is 1.06 bits per heavy atom. The van der Waals surface area contributed by atoms with Crippen molar-refractivity contribution in [1.82, 2.24) is 19.6 Å². The smallest absolute Gasteiger partial charge is 0.512 e. The van der Waals surface area contributed by atoms with Crippen molar-refractivity contribution in [2.45, 2.75) is 176 Å². The van der Waals surface area contributed by atoms with Crippen LogP contribution in [0.4, 0.5) is 23.6 Å². The summed E-state index contributed by atoms with van der Waals surface area (Å²) in [6.07, 6.45) is 7.61. The van der Waals surface area contributed by atoms with Crippen LogP contribution in [0.2, 0.25) is 0 Å². The quantitative estimate of drug-likeness (QED) is 0.189. The number of ether oxygens (including phenoxy) is 4. The summed E-state index contributed by atoms with van der Waals surface area (Å²) in [5, 5.41) is 15.5. The van der Waals surface area contributed by atoms with Crippen molar-refractivity contribution in [2.24, 2.45) is 39.2 Å². The first-order valence-corrected chi connectivity index (χ1v) is 23.4. The van der Waals surface area contributed by atoms with E-state index in [1.807, 2.05) is 88.0 Å². The van der Waals surface area contributed by atoms with Gasteiger partial charge in [-0.05, 0) is 140 Å². The molecule has 0 radical (unpaired) electrons. The molecule has 4 amide bonds. The van der Waals surface area contributed by atoms with E-state index in [0.29, 0.717) is 16.7 Å². The molecule has 0 atom stereocenters. The Morgan fingerprint density at radius 2 is 0.851 bits per heavy atom. The SMILES string of the molecule is CC(C)(C)OC(=O)N1CC2(CC(CN)C2)C1.CC(C)(C)OC(=O)N1CC2(CC(O)C2)C1.CC1CC2(C1)CN(C(=O)OC(C)(C)C)C2.[2H]CF.[C-]#N.[C-]#[N+]C1CC2(C1)CN(C(=O)OC(C)(C)C)C2.[Na+]. The molecule has 8 aliphatic rings. The molecule has 4 spiro atoms. The van der Waals surface area contributed by atoms with E-state index in [4.69, 9.17) is 44.5 Å². The van der Waals surface area contributed by atoms with E-state index in [1.54, 1.807) is 14.7 Å². The minimum Gasteiger partial charge on any atom is -0.512 e. The number of aliphatic hydroxyl groups is 1. The number of aliphatic hydroxyl groups excluding tert-OH is 1. The zero-order valence-electron chi connectivity index (χ0n) is 44.4. The molecule has 0 unspecified atom stereocenters. The van der Waals surface area contributed by atoms with Gasteiger partial charge < -0.3 is 66.1 Å². The minimum absolute atomic E-state index is 0. The summed E-state index contributed by atoms with van der Waals surface area (Å²) in [4.78, 5) is 57.2. The molecule has 4 saturated carbocycles. The van der Waals surface area contributed by atoms with E-state index in [2.05, 4.69) is 11.8 Å². The molecular formula is C49H83FN7NaO9. The predicted octanol–water partition coefficient (Wildman–Crippen LogP) is 5.62. The zero-order chi connectivity index (χ0) is 51.2. The molecule has 3 N–H and O–H groups in total. The summed E-state index contributed by atoms with van der Waals surface area (Å²) in [5.41, 5.74) is 5.35. The fourth-order valence-corrected chi connectivity index (χ4v) is 10.6. The number of hydrogen-bond acceptors (Lipinski definition) is 11. The molecule has 18 heteroatoms. The molecule has 4 aliphatic heterocycles. The van der Waals surface area contributed by atoms with Crippen LogP contribution in [0.5, 0.6) is 0 Å². The summed E-state index contributed by atoms with van der Waals surface area (Å²) >= 11 is 0. The van der Waals surface area contributed by atoms with Gasteiger partial charge in [0.2, 0.25) is 6.04 Å². The van der Waals surface area contributed by atoms with Crippen molar-refractivity contribution < 1.29 is 78.6 Å². The van der Waals surface area contributed by atoms with Crippen LogP contribution in [-0.2, 0) is 18.9 Å². The fraction of sp³-hybridized carbons (Fsp3) is 0.878. The maximum atomic E-state index is 11.7. The van der Waals surface area contributed by atoms with Crippen LogP contribution in [0.25, 0.3) is 4.85 Å². The first-order chi connectivity index (χ1) is 30.7. The van der Waals surface area contributed by atoms with Crippen molar-refractivity contribution in [2.75, 3.05) is 66.1 Å². The van der Waals surface area contributed by atoms with Crippen LogP contribution in [0.1, 0.15) is 143 Å². The van der Waals surface area contributed by atoms with Crippen molar-refractivity contribution >= 4 is 24.4 Å². The Bertz CT molecular complexity index is 1680. The Hall–Kier alpha value is -3.09. The zero-order valence-corrected chi connectivity index (χ0v) is 45.4. The van der Waals surface area contributed by atoms with Gasteiger partial charge in [-0.25, -0.2) is 25.8 Å². The monoisotopic (exact) mass is 957 g/mol. The number of halogens is 1. The molecule has 0 aromatic heterocycles. The molecule has 4 saturated heterocycles. The van der Waals surface area contributed by atoms with Gasteiger partial charge >= 0.3 is 53.9 Å². The Kier molecular flexibility index (Phi) is 19.8. The van der Waals surface area contributed by atoms with Crippen molar-refractivity contribution in [3.63, 3.8) is 0 Å². The van der Waals surface area contributed by atoms with E-state index in [1.165, 1.54) is 25.7 Å². The first kappa shape index (κ1) is 58.2. The number of carbonyl (C=O) groups excluding carboxylic acids is 4. The molecule has 0 bridgehead atoms. The number of nitrogens with two attached hydrogens (primary N) is 1. The van der Waals surface area contributed by atoms with E-state index >= 15 is 0 Å². The number of carbonyl (C=O) groups is 4. The van der Waals surface area contributed by atoms with E-state index in [9.17, 15) is 28.7 Å². The molecule has 67 heavy (non-hydrogen) atoms. The molecule has 4 aliphatic carbocycles. The van der Waals surface area contributed by atoms with Crippen LogP contribution in [0.3, 0.4) is 0 Å². The minimum atomic E-state index is -1.00. The predicted molar refractivity (Wildman–Crippen MR) is 248 cm³/mol. The second-order valence-corrected chi connectivity index (χ2v) is 24.6. The van der Waals surface area contributed by atoms with Gasteiger partial charge in [-0.3, -0.25) is 4.39 Å². The number of alkyl halides is 1. The summed E-state index contributed by atoms with van der Waals surface area (Å²) in [7, 11) is -1.00. The molecule has 376 valence electrons. The normalized spacial score (nSPS) is 24.2. The summed E-state index contributed by atoms with van der Waals surface area (Å²) in [6.45, 7) is 43.9. The average molecular weight is 957 g/mol. The third kappa shape index (κ3) is 17.1. The number of nitrogens with zero attached hydrogens (tertiary/aromatic N) is 6. The number of rotatable bonds is 1. The molecule has 0 aromatic carbocycles. The first-order valence-electron chi connectivity index (χ1n) is 24.1. The van der Waals surface area contributed by atoms with Crippen LogP contribution < -0.4 is 35.3 Å². The number of amides is 4. The third-order valence-corrected chi connectivity index (χ3v) is 13.0. The number of hydrogen-bond donors (Lipinski definition) is 2. The van der Waals surface area contributed by atoms with Gasteiger partial charge in [0.25, 0.3) is 0 Å². The standard InChI is InChI=1S/C12H18N2O2.C12H22N2O2.C12H21NO2.C11H19NO3.CH3F.CN.Na/c1-11(2,3)16-10(15)14-7-12(8-14)5-9(6-12)13-4;1-11(2,3)16-10(15)14-7-12(8-14)4-9(5-12)6-13;1-9-5-12(6-9)7-13(8-12)10(14)15-11(2,3)4;1-10(2,3)15-9(14)12-6-11(7-12)4-8(13)5-11;2*1-2;/h9H,5-8H2,1-3H3;9H,4-8,13H2,1-3H3;9H,5-8H2,1-4H3;8,13H,4-7H2,1-3H3;1H3;;/q;;;;;-1;+1/i;;;;1D;;. The summed E-state index contributed by atoms with van der Waals surface area (Å²) < 4.78 is 36.7. The Labute approximate surface area is 424 Å². The van der Waals surface area contributed by atoms with Gasteiger partial charge in [-0.2, -0.15) is 0 Å². The van der Waals surface area contributed by atoms with E-state index in [0.717, 1.165) is 90.5 Å². The van der Waals surface area contributed by atoms with Crippen molar-refractivity contribution in [1.29, 1.82) is 5.26 Å². The van der Waals surface area contributed by atoms with Gasteiger partial charge in [0.05, 0.1) is 14.6 Å². The molecule has 8 fully saturated rings. The van der Waals surface area contributed by atoms with Crippen LogP contribution >= 0.6 is 0 Å². The van der Waals surface area contributed by atoms with Gasteiger partial charge in [-0.1, -0.05) is 6.92 Å². The molecule has 0 aromatic rings. The van der Waals surface area contributed by atoms with Crippen molar-refractivity contribution in [3.05, 3.63) is 18.0 Å². The van der Waals surface area contributed by atoms with Gasteiger partial charge in [-0.15, -0.1) is 0 Å². The topological polar surface area (TPSA) is 193 Å². The van der Waals surface area contributed by atoms with Crippen LogP contribution in [0, 0.1) is 51.9 Å². The number of likely N-dealkylation sites (tertiary alicyclic amines) is 4. The Morgan fingerprint density at radius 1 is 0.612 bits per heavy atom. The molecule has 4 heterocycles. The second-order valence-electron chi connectivity index (χ2n) is 24.6. The molecule has 16 nitrogen and oxygen atoms in total. The van der Waals surface area contributed by atoms with Crippen LogP contribution in [0.15, 0.2) is 0 Å². The summed E-state index contributed by atoms with van der Waals surface area (Å²) in [5.74, 6) is 1.53. The maximum Gasteiger partial charge on any atom is 1.00 e.